The fraction of sp³-hybridized carbons (Fsp3) is 0.240. The number of halogens is 1. The van der Waals surface area contributed by atoms with Crippen LogP contribution >= 0.6 is 11.6 Å². The largest absolute Gasteiger partial charge is 0.350 e. The monoisotopic (exact) mass is 470 g/mol. The van der Waals surface area contributed by atoms with E-state index in [1.165, 1.54) is 0 Å². The Hall–Kier alpha value is -2.67. The molecule has 0 aliphatic carbocycles. The van der Waals surface area contributed by atoms with E-state index in [0.29, 0.717) is 17.9 Å². The van der Waals surface area contributed by atoms with Crippen LogP contribution in [-0.2, 0) is 21.2 Å². The maximum atomic E-state index is 12.7. The lowest BCUT2D eigenvalue weighted by Crippen LogP contribution is -2.27. The first kappa shape index (κ1) is 24.0. The molecule has 2 N–H and O–H groups in total. The lowest BCUT2D eigenvalue weighted by atomic mass is 10.1. The Morgan fingerprint density at radius 2 is 1.44 bits per heavy atom. The predicted molar refractivity (Wildman–Crippen MR) is 128 cm³/mol. The number of benzene rings is 3. The number of aryl methyl sites for hydroxylation is 1. The van der Waals surface area contributed by atoms with Gasteiger partial charge in [-0.15, -0.1) is 0 Å². The molecule has 0 aromatic heterocycles. The van der Waals surface area contributed by atoms with Gasteiger partial charge in [0, 0.05) is 17.5 Å². The van der Waals surface area contributed by atoms with Gasteiger partial charge in [-0.2, -0.15) is 0 Å². The Kier molecular flexibility index (Phi) is 8.07. The normalized spacial score (nSPS) is 13.3. The molecule has 2 unspecified atom stereocenters. The Morgan fingerprint density at radius 3 is 2.06 bits per heavy atom. The van der Waals surface area contributed by atoms with Crippen LogP contribution in [0, 0.1) is 0 Å². The minimum atomic E-state index is -3.64. The van der Waals surface area contributed by atoms with Gasteiger partial charge in [0.2, 0.25) is 15.9 Å². The maximum absolute atomic E-state index is 12.7. The summed E-state index contributed by atoms with van der Waals surface area (Å²) in [6, 6.07) is 23.0. The molecule has 0 aliphatic heterocycles. The van der Waals surface area contributed by atoms with Crippen LogP contribution in [0.3, 0.4) is 0 Å². The van der Waals surface area contributed by atoms with Crippen molar-refractivity contribution in [1.29, 1.82) is 0 Å². The molecular weight excluding hydrogens is 444 g/mol. The van der Waals surface area contributed by atoms with Crippen molar-refractivity contribution < 1.29 is 13.2 Å². The van der Waals surface area contributed by atoms with Gasteiger partial charge in [0.1, 0.15) is 0 Å². The van der Waals surface area contributed by atoms with Gasteiger partial charge in [0.15, 0.2) is 0 Å². The van der Waals surface area contributed by atoms with Gasteiger partial charge in [0.05, 0.1) is 10.9 Å². The van der Waals surface area contributed by atoms with Crippen LogP contribution in [0.2, 0.25) is 5.02 Å². The number of amides is 1. The van der Waals surface area contributed by atoms with E-state index in [0.717, 1.165) is 16.7 Å². The molecule has 32 heavy (non-hydrogen) atoms. The molecule has 0 spiro atoms. The average Bonchev–Trinajstić information content (AvgIpc) is 2.78. The van der Waals surface area contributed by atoms with Crippen molar-refractivity contribution in [1.82, 2.24) is 10.0 Å². The van der Waals surface area contributed by atoms with Crippen LogP contribution in [-0.4, -0.2) is 14.3 Å². The first-order valence-corrected chi connectivity index (χ1v) is 12.3. The second kappa shape index (κ2) is 10.8. The molecule has 168 valence electrons. The van der Waals surface area contributed by atoms with Crippen LogP contribution in [0.25, 0.3) is 0 Å². The van der Waals surface area contributed by atoms with Gasteiger partial charge in [-0.1, -0.05) is 66.2 Å². The zero-order chi connectivity index (χ0) is 23.1. The van der Waals surface area contributed by atoms with Gasteiger partial charge < -0.3 is 5.32 Å². The third-order valence-electron chi connectivity index (χ3n) is 5.25. The minimum Gasteiger partial charge on any atom is -0.350 e. The van der Waals surface area contributed by atoms with Crippen molar-refractivity contribution in [2.24, 2.45) is 0 Å². The summed E-state index contributed by atoms with van der Waals surface area (Å²) in [5.74, 6) is -0.0671. The maximum Gasteiger partial charge on any atom is 0.241 e. The van der Waals surface area contributed by atoms with E-state index in [4.69, 9.17) is 11.6 Å². The molecule has 5 nitrogen and oxygen atoms in total. The lowest BCUT2D eigenvalue weighted by molar-refractivity contribution is -0.121. The quantitative estimate of drug-likeness (QED) is 0.452. The summed E-state index contributed by atoms with van der Waals surface area (Å²) in [5, 5.41) is 3.63. The predicted octanol–water partition coefficient (Wildman–Crippen LogP) is 5.19. The topological polar surface area (TPSA) is 75.3 Å². The molecule has 7 heteroatoms. The molecule has 0 radical (unpaired) electrons. The van der Waals surface area contributed by atoms with Crippen molar-refractivity contribution in [2.45, 2.75) is 43.7 Å². The molecule has 3 aromatic rings. The average molecular weight is 471 g/mol. The smallest absolute Gasteiger partial charge is 0.241 e. The number of rotatable bonds is 9. The second-order valence-electron chi connectivity index (χ2n) is 7.74. The molecule has 1 amide bonds. The summed E-state index contributed by atoms with van der Waals surface area (Å²) < 4.78 is 28.1. The van der Waals surface area contributed by atoms with Crippen LogP contribution in [0.4, 0.5) is 0 Å². The summed E-state index contributed by atoms with van der Waals surface area (Å²) in [5.41, 5.74) is 2.77. The summed E-state index contributed by atoms with van der Waals surface area (Å²) in [4.78, 5) is 12.5. The summed E-state index contributed by atoms with van der Waals surface area (Å²) in [6.07, 6.45) is 0.834. The Bertz CT molecular complexity index is 1130. The highest BCUT2D eigenvalue weighted by atomic mass is 35.5. The Morgan fingerprint density at radius 1 is 0.844 bits per heavy atom. The van der Waals surface area contributed by atoms with Crippen LogP contribution < -0.4 is 10.0 Å². The fourth-order valence-corrected chi connectivity index (χ4v) is 4.71. The number of hydrogen-bond acceptors (Lipinski definition) is 3. The minimum absolute atomic E-state index is 0.0671. The molecule has 2 atom stereocenters. The van der Waals surface area contributed by atoms with Crippen molar-refractivity contribution in [2.75, 3.05) is 0 Å². The highest BCUT2D eigenvalue weighted by Crippen LogP contribution is 2.19. The molecule has 0 heterocycles. The zero-order valence-corrected chi connectivity index (χ0v) is 19.7. The molecule has 3 aromatic carbocycles. The Balaban J connectivity index is 1.53. The number of nitrogens with one attached hydrogen (secondary N) is 2. The second-order valence-corrected chi connectivity index (χ2v) is 9.89. The van der Waals surface area contributed by atoms with Gasteiger partial charge in [-0.25, -0.2) is 13.1 Å². The molecular formula is C25H27ClN2O3S. The van der Waals surface area contributed by atoms with Crippen LogP contribution in [0.1, 0.15) is 49.0 Å². The molecule has 3 rings (SSSR count). The number of hydrogen-bond donors (Lipinski definition) is 2. The molecule has 0 bridgehead atoms. The van der Waals surface area contributed by atoms with Crippen molar-refractivity contribution in [3.05, 3.63) is 101 Å². The summed E-state index contributed by atoms with van der Waals surface area (Å²) in [7, 11) is -3.64. The van der Waals surface area contributed by atoms with E-state index in [-0.39, 0.29) is 22.9 Å². The van der Waals surface area contributed by atoms with Gasteiger partial charge in [-0.05, 0) is 61.2 Å². The van der Waals surface area contributed by atoms with E-state index in [2.05, 4.69) is 10.0 Å². The number of carbonyl (C=O) groups excluding carboxylic acids is 1. The van der Waals surface area contributed by atoms with Crippen molar-refractivity contribution >= 4 is 27.5 Å². The summed E-state index contributed by atoms with van der Waals surface area (Å²) >= 11 is 5.90. The highest BCUT2D eigenvalue weighted by Gasteiger charge is 2.18. The Labute approximate surface area is 194 Å². The van der Waals surface area contributed by atoms with Crippen LogP contribution in [0.5, 0.6) is 0 Å². The molecule has 0 fully saturated rings. The number of sulfonamides is 1. The van der Waals surface area contributed by atoms with Crippen molar-refractivity contribution in [3.8, 4) is 0 Å². The molecule has 0 saturated heterocycles. The first-order chi connectivity index (χ1) is 15.2. The zero-order valence-electron chi connectivity index (χ0n) is 18.1. The fourth-order valence-electron chi connectivity index (χ4n) is 3.35. The SMILES string of the molecule is CC(NC(=O)CCc1ccc(S(=O)(=O)NC(C)c2ccccc2)cc1)c1ccc(Cl)cc1. The molecule has 0 aliphatic rings. The third kappa shape index (κ3) is 6.66. The highest BCUT2D eigenvalue weighted by molar-refractivity contribution is 7.89. The first-order valence-electron chi connectivity index (χ1n) is 10.5. The lowest BCUT2D eigenvalue weighted by Gasteiger charge is -2.15. The van der Waals surface area contributed by atoms with Gasteiger partial charge in [0.25, 0.3) is 0 Å². The third-order valence-corrected chi connectivity index (χ3v) is 7.06. The molecule has 0 saturated carbocycles. The summed E-state index contributed by atoms with van der Waals surface area (Å²) in [6.45, 7) is 3.73. The van der Waals surface area contributed by atoms with Crippen molar-refractivity contribution in [3.63, 3.8) is 0 Å². The van der Waals surface area contributed by atoms with Gasteiger partial charge in [-0.3, -0.25) is 4.79 Å². The van der Waals surface area contributed by atoms with E-state index in [1.54, 1.807) is 36.4 Å². The van der Waals surface area contributed by atoms with E-state index in [9.17, 15) is 13.2 Å². The number of carbonyl (C=O) groups is 1. The van der Waals surface area contributed by atoms with E-state index in [1.807, 2.05) is 56.3 Å². The van der Waals surface area contributed by atoms with E-state index < -0.39 is 10.0 Å². The van der Waals surface area contributed by atoms with Crippen LogP contribution in [0.15, 0.2) is 83.8 Å². The van der Waals surface area contributed by atoms with Gasteiger partial charge >= 0.3 is 0 Å². The van der Waals surface area contributed by atoms with E-state index >= 15 is 0 Å². The standard InChI is InChI=1S/C25H27ClN2O3S/c1-18(22-11-13-23(26)14-12-22)27-25(29)17-10-20-8-15-24(16-9-20)32(30,31)28-19(2)21-6-4-3-5-7-21/h3-9,11-16,18-19,28H,10,17H2,1-2H3,(H,27,29).